The fourth-order valence-corrected chi connectivity index (χ4v) is 3.72. The minimum Gasteiger partial charge on any atom is -0.497 e. The van der Waals surface area contributed by atoms with Crippen molar-refractivity contribution in [3.8, 4) is 34.1 Å². The molecule has 3 aromatic carbocycles. The lowest BCUT2D eigenvalue weighted by Gasteiger charge is -2.17. The van der Waals surface area contributed by atoms with Gasteiger partial charge in [-0.1, -0.05) is 36.4 Å². The van der Waals surface area contributed by atoms with Crippen LogP contribution in [0.3, 0.4) is 0 Å². The third-order valence-corrected chi connectivity index (χ3v) is 5.56. The van der Waals surface area contributed by atoms with E-state index in [1.807, 2.05) is 79.0 Å². The highest BCUT2D eigenvalue weighted by molar-refractivity contribution is 5.99. The lowest BCUT2D eigenvalue weighted by Crippen LogP contribution is -2.27. The molecule has 0 atom stereocenters. The number of nitrogens with zero attached hydrogens (tertiary/aromatic N) is 3. The van der Waals surface area contributed by atoms with E-state index in [0.717, 1.165) is 22.6 Å². The highest BCUT2D eigenvalue weighted by Gasteiger charge is 2.23. The van der Waals surface area contributed by atoms with E-state index in [1.54, 1.807) is 38.0 Å². The zero-order valence-corrected chi connectivity index (χ0v) is 19.7. The van der Waals surface area contributed by atoms with E-state index in [2.05, 4.69) is 5.10 Å². The number of ether oxygens (including phenoxy) is 3. The third-order valence-electron chi connectivity index (χ3n) is 5.56. The van der Waals surface area contributed by atoms with Crippen molar-refractivity contribution in [1.82, 2.24) is 14.7 Å². The van der Waals surface area contributed by atoms with Crippen LogP contribution in [0.5, 0.6) is 17.2 Å². The molecule has 34 heavy (non-hydrogen) atoms. The Morgan fingerprint density at radius 2 is 1.59 bits per heavy atom. The Labute approximate surface area is 199 Å². The molecule has 7 heteroatoms. The van der Waals surface area contributed by atoms with E-state index in [1.165, 1.54) is 0 Å². The molecule has 0 radical (unpaired) electrons. The average Bonchev–Trinajstić information content (AvgIpc) is 3.34. The summed E-state index contributed by atoms with van der Waals surface area (Å²) in [6.45, 7) is 0.437. The van der Waals surface area contributed by atoms with Crippen LogP contribution in [0.15, 0.2) is 79.0 Å². The van der Waals surface area contributed by atoms with Crippen molar-refractivity contribution in [1.29, 1.82) is 0 Å². The molecule has 0 saturated heterocycles. The first kappa shape index (κ1) is 22.9. The van der Waals surface area contributed by atoms with Crippen LogP contribution in [-0.2, 0) is 6.54 Å². The van der Waals surface area contributed by atoms with Crippen molar-refractivity contribution in [2.45, 2.75) is 6.54 Å². The van der Waals surface area contributed by atoms with Crippen LogP contribution in [0.2, 0.25) is 0 Å². The van der Waals surface area contributed by atoms with Crippen LogP contribution in [0.4, 0.5) is 0 Å². The van der Waals surface area contributed by atoms with Gasteiger partial charge in [-0.3, -0.25) is 4.79 Å². The van der Waals surface area contributed by atoms with Gasteiger partial charge in [-0.05, 0) is 47.5 Å². The molecule has 0 N–H and O–H groups in total. The van der Waals surface area contributed by atoms with E-state index in [9.17, 15) is 4.79 Å². The van der Waals surface area contributed by atoms with E-state index >= 15 is 0 Å². The summed E-state index contributed by atoms with van der Waals surface area (Å²) in [7, 11) is 6.58. The lowest BCUT2D eigenvalue weighted by molar-refractivity contribution is 0.0779. The summed E-state index contributed by atoms with van der Waals surface area (Å²) >= 11 is 0. The van der Waals surface area contributed by atoms with Gasteiger partial charge in [0.1, 0.15) is 5.75 Å². The van der Waals surface area contributed by atoms with Crippen LogP contribution in [0.1, 0.15) is 16.1 Å². The topological polar surface area (TPSA) is 65.8 Å². The summed E-state index contributed by atoms with van der Waals surface area (Å²) < 4.78 is 17.8. The number of carbonyl (C=O) groups is 1. The van der Waals surface area contributed by atoms with E-state index in [0.29, 0.717) is 29.3 Å². The Kier molecular flexibility index (Phi) is 6.82. The molecule has 0 fully saturated rings. The average molecular weight is 458 g/mol. The molecule has 0 aliphatic rings. The number of benzene rings is 3. The van der Waals surface area contributed by atoms with Gasteiger partial charge in [-0.25, -0.2) is 4.68 Å². The SMILES string of the molecule is COc1ccc(CN(C)C(=O)c2nn(-c3ccccc3)cc2-c2ccc(OC)c(OC)c2)cc1. The number of carbonyl (C=O) groups excluding carboxylic acids is 1. The Bertz CT molecular complexity index is 1270. The standard InChI is InChI=1S/C27H27N3O4/c1-29(17-19-10-13-22(32-2)14-11-19)27(31)26-23(18-30(28-26)21-8-6-5-7-9-21)20-12-15-24(33-3)25(16-20)34-4/h5-16,18H,17H2,1-4H3. The van der Waals surface area contributed by atoms with Crippen LogP contribution in [-0.4, -0.2) is 49.0 Å². The minimum atomic E-state index is -0.185. The maximum absolute atomic E-state index is 13.6. The molecule has 174 valence electrons. The van der Waals surface area contributed by atoms with Gasteiger partial charge in [0.15, 0.2) is 17.2 Å². The zero-order chi connectivity index (χ0) is 24.1. The number of hydrogen-bond donors (Lipinski definition) is 0. The van der Waals surface area contributed by atoms with Gasteiger partial charge in [-0.15, -0.1) is 0 Å². The van der Waals surface area contributed by atoms with Crippen molar-refractivity contribution < 1.29 is 19.0 Å². The second-order valence-corrected chi connectivity index (χ2v) is 7.75. The Hall–Kier alpha value is -4.26. The van der Waals surface area contributed by atoms with Gasteiger partial charge in [0.25, 0.3) is 5.91 Å². The fraction of sp³-hybridized carbons (Fsp3) is 0.185. The first-order chi connectivity index (χ1) is 16.5. The summed E-state index contributed by atoms with van der Waals surface area (Å²) in [5.41, 5.74) is 3.72. The van der Waals surface area contributed by atoms with E-state index < -0.39 is 0 Å². The molecule has 0 spiro atoms. The van der Waals surface area contributed by atoms with Gasteiger partial charge >= 0.3 is 0 Å². The van der Waals surface area contributed by atoms with Crippen molar-refractivity contribution in [3.63, 3.8) is 0 Å². The normalized spacial score (nSPS) is 10.6. The molecule has 4 rings (SSSR count). The second kappa shape index (κ2) is 10.1. The van der Waals surface area contributed by atoms with Crippen molar-refractivity contribution in [2.24, 2.45) is 0 Å². The van der Waals surface area contributed by atoms with Crippen molar-refractivity contribution >= 4 is 5.91 Å². The number of hydrogen-bond acceptors (Lipinski definition) is 5. The summed E-state index contributed by atoms with van der Waals surface area (Å²) in [6, 6.07) is 22.9. The number of aromatic nitrogens is 2. The second-order valence-electron chi connectivity index (χ2n) is 7.75. The first-order valence-corrected chi connectivity index (χ1v) is 10.8. The van der Waals surface area contributed by atoms with Crippen LogP contribution < -0.4 is 14.2 Å². The summed E-state index contributed by atoms with van der Waals surface area (Å²) in [5, 5.41) is 4.68. The molecule has 4 aromatic rings. The summed E-state index contributed by atoms with van der Waals surface area (Å²) in [6.07, 6.45) is 1.87. The highest BCUT2D eigenvalue weighted by atomic mass is 16.5. The maximum atomic E-state index is 13.6. The number of para-hydroxylation sites is 1. The molecule has 1 amide bonds. The molecule has 1 heterocycles. The predicted molar refractivity (Wildman–Crippen MR) is 131 cm³/mol. The largest absolute Gasteiger partial charge is 0.497 e. The summed E-state index contributed by atoms with van der Waals surface area (Å²) in [5.74, 6) is 1.79. The zero-order valence-electron chi connectivity index (χ0n) is 19.7. The lowest BCUT2D eigenvalue weighted by atomic mass is 10.0. The number of amides is 1. The molecule has 0 aliphatic carbocycles. The molecule has 0 bridgehead atoms. The van der Waals surface area contributed by atoms with E-state index in [4.69, 9.17) is 14.2 Å². The van der Waals surface area contributed by atoms with Gasteiger partial charge in [0, 0.05) is 25.4 Å². The van der Waals surface area contributed by atoms with Crippen molar-refractivity contribution in [2.75, 3.05) is 28.4 Å². The molecular formula is C27H27N3O4. The van der Waals surface area contributed by atoms with Crippen LogP contribution >= 0.6 is 0 Å². The summed E-state index contributed by atoms with van der Waals surface area (Å²) in [4.78, 5) is 15.2. The molecule has 7 nitrogen and oxygen atoms in total. The Morgan fingerprint density at radius 1 is 0.882 bits per heavy atom. The predicted octanol–water partition coefficient (Wildman–Crippen LogP) is 4.84. The molecular weight excluding hydrogens is 430 g/mol. The maximum Gasteiger partial charge on any atom is 0.275 e. The molecule has 0 saturated carbocycles. The molecule has 0 aliphatic heterocycles. The smallest absolute Gasteiger partial charge is 0.275 e. The van der Waals surface area contributed by atoms with Crippen LogP contribution in [0.25, 0.3) is 16.8 Å². The third kappa shape index (κ3) is 4.73. The molecule has 0 unspecified atom stereocenters. The monoisotopic (exact) mass is 457 g/mol. The van der Waals surface area contributed by atoms with Crippen molar-refractivity contribution in [3.05, 3.63) is 90.3 Å². The quantitative estimate of drug-likeness (QED) is 0.379. The fourth-order valence-electron chi connectivity index (χ4n) is 3.72. The Balaban J connectivity index is 1.72. The Morgan fingerprint density at radius 3 is 2.24 bits per heavy atom. The number of rotatable bonds is 8. The number of methoxy groups -OCH3 is 3. The van der Waals surface area contributed by atoms with Gasteiger partial charge in [0.05, 0.1) is 27.0 Å². The minimum absolute atomic E-state index is 0.185. The van der Waals surface area contributed by atoms with E-state index in [-0.39, 0.29) is 5.91 Å². The van der Waals surface area contributed by atoms with Crippen LogP contribution in [0, 0.1) is 0 Å². The van der Waals surface area contributed by atoms with Gasteiger partial charge in [0.2, 0.25) is 0 Å². The highest BCUT2D eigenvalue weighted by Crippen LogP contribution is 2.34. The van der Waals surface area contributed by atoms with Gasteiger partial charge in [-0.2, -0.15) is 5.10 Å². The van der Waals surface area contributed by atoms with Gasteiger partial charge < -0.3 is 19.1 Å². The first-order valence-electron chi connectivity index (χ1n) is 10.8. The molecule has 1 aromatic heterocycles.